The molecule has 1 heterocycles. The Hall–Kier alpha value is -1.45. The van der Waals surface area contributed by atoms with Gasteiger partial charge in [-0.05, 0) is 19.4 Å². The van der Waals surface area contributed by atoms with Crippen molar-refractivity contribution in [2.24, 2.45) is 7.05 Å². The number of ether oxygens (including phenoxy) is 1. The molecule has 0 spiro atoms. The number of aromatic nitrogens is 1. The van der Waals surface area contributed by atoms with Crippen LogP contribution in [-0.4, -0.2) is 23.7 Å². The fourth-order valence-corrected chi connectivity index (χ4v) is 3.62. The summed E-state index contributed by atoms with van der Waals surface area (Å²) < 4.78 is 6.89. The highest BCUT2D eigenvalue weighted by Crippen LogP contribution is 2.15. The number of nitrogens with zero attached hydrogens (tertiary/aromatic N) is 1. The van der Waals surface area contributed by atoms with Gasteiger partial charge in [-0.1, -0.05) is 90.4 Å². The number of anilines is 1. The van der Waals surface area contributed by atoms with Crippen LogP contribution in [0, 0.1) is 0 Å². The van der Waals surface area contributed by atoms with E-state index in [9.17, 15) is 4.79 Å². The molecule has 4 nitrogen and oxygen atoms in total. The first-order valence-electron chi connectivity index (χ1n) is 11.8. The lowest BCUT2D eigenvalue weighted by molar-refractivity contribution is 0.0515. The van der Waals surface area contributed by atoms with Gasteiger partial charge in [0.1, 0.15) is 5.69 Å². The molecule has 0 aliphatic carbocycles. The number of carbonyl (C=O) groups is 1. The minimum Gasteiger partial charge on any atom is -0.461 e. The largest absolute Gasteiger partial charge is 0.461 e. The van der Waals surface area contributed by atoms with Crippen molar-refractivity contribution in [2.45, 2.75) is 104 Å². The van der Waals surface area contributed by atoms with E-state index in [2.05, 4.69) is 12.2 Å². The SMILES string of the molecule is CCCCCCCCCCCCCCCCNc1cc(C(=O)OCC)n(C)c1. The van der Waals surface area contributed by atoms with Crippen LogP contribution in [0.3, 0.4) is 0 Å². The minimum absolute atomic E-state index is 0.255. The van der Waals surface area contributed by atoms with Crippen LogP contribution in [0.1, 0.15) is 114 Å². The molecule has 0 unspecified atom stereocenters. The summed E-state index contributed by atoms with van der Waals surface area (Å²) in [4.78, 5) is 11.8. The average Bonchev–Trinajstić information content (AvgIpc) is 3.05. The lowest BCUT2D eigenvalue weighted by atomic mass is 10.0. The topological polar surface area (TPSA) is 43.3 Å². The Morgan fingerprint density at radius 3 is 1.86 bits per heavy atom. The first-order valence-corrected chi connectivity index (χ1v) is 11.8. The van der Waals surface area contributed by atoms with Crippen molar-refractivity contribution in [3.05, 3.63) is 18.0 Å². The number of carbonyl (C=O) groups excluding carboxylic acids is 1. The third kappa shape index (κ3) is 11.4. The van der Waals surface area contributed by atoms with Crippen molar-refractivity contribution >= 4 is 11.7 Å². The van der Waals surface area contributed by atoms with Crippen molar-refractivity contribution in [1.29, 1.82) is 0 Å². The Kier molecular flexibility index (Phi) is 14.5. The molecule has 1 aromatic heterocycles. The van der Waals surface area contributed by atoms with Crippen molar-refractivity contribution in [3.63, 3.8) is 0 Å². The third-order valence-electron chi connectivity index (χ3n) is 5.35. The smallest absolute Gasteiger partial charge is 0.355 e. The second kappa shape index (κ2) is 16.5. The highest BCUT2D eigenvalue weighted by atomic mass is 16.5. The van der Waals surface area contributed by atoms with Crippen molar-refractivity contribution in [1.82, 2.24) is 4.57 Å². The number of nitrogens with one attached hydrogen (secondary N) is 1. The van der Waals surface area contributed by atoms with Crippen LogP contribution in [0.5, 0.6) is 0 Å². The Bertz CT molecular complexity index is 511. The van der Waals surface area contributed by atoms with Gasteiger partial charge < -0.3 is 14.6 Å². The van der Waals surface area contributed by atoms with E-state index < -0.39 is 0 Å². The summed E-state index contributed by atoms with van der Waals surface area (Å²) in [5, 5.41) is 3.42. The zero-order chi connectivity index (χ0) is 20.5. The molecule has 1 rings (SSSR count). The first kappa shape index (κ1) is 24.6. The van der Waals surface area contributed by atoms with Gasteiger partial charge in [0.05, 0.1) is 12.3 Å². The summed E-state index contributed by atoms with van der Waals surface area (Å²) in [7, 11) is 1.88. The molecule has 1 aromatic rings. The van der Waals surface area contributed by atoms with Gasteiger partial charge in [-0.15, -0.1) is 0 Å². The fraction of sp³-hybridized carbons (Fsp3) is 0.792. The molecule has 0 amide bonds. The number of unbranched alkanes of at least 4 members (excludes halogenated alkanes) is 13. The van der Waals surface area contributed by atoms with E-state index in [0.29, 0.717) is 12.3 Å². The van der Waals surface area contributed by atoms with Crippen molar-refractivity contribution < 1.29 is 9.53 Å². The van der Waals surface area contributed by atoms with E-state index in [-0.39, 0.29) is 5.97 Å². The summed E-state index contributed by atoms with van der Waals surface area (Å²) in [6.07, 6.45) is 21.3. The molecule has 0 saturated heterocycles. The maximum absolute atomic E-state index is 11.8. The quantitative estimate of drug-likeness (QED) is 0.214. The Morgan fingerprint density at radius 2 is 1.36 bits per heavy atom. The normalized spacial score (nSPS) is 11.0. The number of rotatable bonds is 18. The summed E-state index contributed by atoms with van der Waals surface area (Å²) >= 11 is 0. The molecular weight excluding hydrogens is 348 g/mol. The molecule has 0 aliphatic heterocycles. The van der Waals surface area contributed by atoms with Crippen LogP contribution in [-0.2, 0) is 11.8 Å². The maximum Gasteiger partial charge on any atom is 0.355 e. The minimum atomic E-state index is -0.255. The van der Waals surface area contributed by atoms with Crippen molar-refractivity contribution in [2.75, 3.05) is 18.5 Å². The number of hydrogen-bond acceptors (Lipinski definition) is 3. The van der Waals surface area contributed by atoms with Crippen LogP contribution in [0.4, 0.5) is 5.69 Å². The second-order valence-corrected chi connectivity index (χ2v) is 7.97. The summed E-state index contributed by atoms with van der Waals surface area (Å²) in [5.41, 5.74) is 1.60. The lowest BCUT2D eigenvalue weighted by Gasteiger charge is -2.04. The van der Waals surface area contributed by atoms with E-state index in [1.807, 2.05) is 30.8 Å². The molecule has 0 radical (unpaired) electrons. The second-order valence-electron chi connectivity index (χ2n) is 7.97. The third-order valence-corrected chi connectivity index (χ3v) is 5.35. The standard InChI is InChI=1S/C24H44N2O2/c1-4-6-7-8-9-10-11-12-13-14-15-16-17-18-19-25-22-20-23(26(3)21-22)24(27)28-5-2/h20-21,25H,4-19H2,1-3H3. The van der Waals surface area contributed by atoms with Crippen LogP contribution in [0.25, 0.3) is 0 Å². The molecule has 0 aliphatic rings. The van der Waals surface area contributed by atoms with E-state index in [1.54, 1.807) is 0 Å². The fourth-order valence-electron chi connectivity index (χ4n) is 3.62. The molecule has 0 saturated carbocycles. The average molecular weight is 393 g/mol. The van der Waals surface area contributed by atoms with Gasteiger partial charge >= 0.3 is 5.97 Å². The van der Waals surface area contributed by atoms with Crippen LogP contribution < -0.4 is 5.32 Å². The molecule has 162 valence electrons. The number of esters is 1. The van der Waals surface area contributed by atoms with E-state index in [4.69, 9.17) is 4.74 Å². The van der Waals surface area contributed by atoms with Gasteiger partial charge in [-0.25, -0.2) is 4.79 Å². The summed E-state index contributed by atoms with van der Waals surface area (Å²) in [6.45, 7) is 5.48. The zero-order valence-electron chi connectivity index (χ0n) is 18.7. The van der Waals surface area contributed by atoms with E-state index >= 15 is 0 Å². The predicted octanol–water partition coefficient (Wildman–Crippen LogP) is 7.10. The lowest BCUT2D eigenvalue weighted by Crippen LogP contribution is -2.08. The Balaban J connectivity index is 1.92. The number of hydrogen-bond donors (Lipinski definition) is 1. The van der Waals surface area contributed by atoms with Gasteiger partial charge in [-0.2, -0.15) is 0 Å². The van der Waals surface area contributed by atoms with Gasteiger partial charge in [-0.3, -0.25) is 0 Å². The molecule has 0 aromatic carbocycles. The summed E-state index contributed by atoms with van der Waals surface area (Å²) in [6, 6.07) is 1.88. The van der Waals surface area contributed by atoms with Gasteiger partial charge in [0.2, 0.25) is 0 Å². The van der Waals surface area contributed by atoms with Crippen LogP contribution >= 0.6 is 0 Å². The van der Waals surface area contributed by atoms with E-state index in [0.717, 1.165) is 12.2 Å². The first-order chi connectivity index (χ1) is 13.7. The van der Waals surface area contributed by atoms with Crippen LogP contribution in [0.2, 0.25) is 0 Å². The Morgan fingerprint density at radius 1 is 0.857 bits per heavy atom. The molecule has 28 heavy (non-hydrogen) atoms. The maximum atomic E-state index is 11.8. The predicted molar refractivity (Wildman–Crippen MR) is 120 cm³/mol. The monoisotopic (exact) mass is 392 g/mol. The molecule has 0 bridgehead atoms. The molecule has 0 atom stereocenters. The summed E-state index contributed by atoms with van der Waals surface area (Å²) in [5.74, 6) is -0.255. The van der Waals surface area contributed by atoms with Gasteiger partial charge in [0, 0.05) is 19.8 Å². The highest BCUT2D eigenvalue weighted by Gasteiger charge is 2.12. The number of aryl methyl sites for hydroxylation is 1. The molecule has 1 N–H and O–H groups in total. The molecular formula is C24H44N2O2. The van der Waals surface area contributed by atoms with Crippen molar-refractivity contribution in [3.8, 4) is 0 Å². The Labute approximate surface area is 173 Å². The van der Waals surface area contributed by atoms with E-state index in [1.165, 1.54) is 89.9 Å². The highest BCUT2D eigenvalue weighted by molar-refractivity contribution is 5.89. The van der Waals surface area contributed by atoms with Gasteiger partial charge in [0.25, 0.3) is 0 Å². The molecule has 0 fully saturated rings. The van der Waals surface area contributed by atoms with Gasteiger partial charge in [0.15, 0.2) is 0 Å². The zero-order valence-corrected chi connectivity index (χ0v) is 18.7. The molecule has 4 heteroatoms. The van der Waals surface area contributed by atoms with Crippen LogP contribution in [0.15, 0.2) is 12.3 Å².